The summed E-state index contributed by atoms with van der Waals surface area (Å²) in [6, 6.07) is 10.3. The molecule has 0 amide bonds. The predicted octanol–water partition coefficient (Wildman–Crippen LogP) is 3.32. The number of rotatable bonds is 6. The van der Waals surface area contributed by atoms with E-state index in [1.807, 2.05) is 0 Å². The van der Waals surface area contributed by atoms with Crippen LogP contribution >= 0.6 is 0 Å². The molecule has 0 unspecified atom stereocenters. The molecule has 0 aliphatic rings. The van der Waals surface area contributed by atoms with E-state index in [1.165, 1.54) is 19.6 Å². The zero-order valence-corrected chi connectivity index (χ0v) is 13.1. The van der Waals surface area contributed by atoms with E-state index in [-0.39, 0.29) is 11.7 Å². The van der Waals surface area contributed by atoms with Gasteiger partial charge in [-0.2, -0.15) is 4.98 Å². The molecule has 9 nitrogen and oxygen atoms in total. The van der Waals surface area contributed by atoms with Gasteiger partial charge in [0.1, 0.15) is 17.8 Å². The van der Waals surface area contributed by atoms with Gasteiger partial charge in [-0.3, -0.25) is 15.1 Å². The van der Waals surface area contributed by atoms with E-state index in [4.69, 9.17) is 9.47 Å². The van der Waals surface area contributed by atoms with Gasteiger partial charge in [0, 0.05) is 6.20 Å². The van der Waals surface area contributed by atoms with Crippen molar-refractivity contribution >= 4 is 17.2 Å². The third kappa shape index (κ3) is 3.61. The lowest BCUT2D eigenvalue weighted by Gasteiger charge is -2.11. The van der Waals surface area contributed by atoms with Crippen molar-refractivity contribution in [2.45, 2.75) is 0 Å². The van der Waals surface area contributed by atoms with E-state index in [9.17, 15) is 10.1 Å². The number of nitrogens with zero attached hydrogens (tertiary/aromatic N) is 4. The van der Waals surface area contributed by atoms with Gasteiger partial charge < -0.3 is 14.8 Å². The maximum atomic E-state index is 11.5. The van der Waals surface area contributed by atoms with Gasteiger partial charge in [-0.15, -0.1) is 0 Å². The quantitative estimate of drug-likeness (QED) is 0.537. The maximum absolute atomic E-state index is 11.5. The Balaban J connectivity index is 1.99. The summed E-state index contributed by atoms with van der Waals surface area (Å²) >= 11 is 0. The fourth-order valence-electron chi connectivity index (χ4n) is 2.09. The first kappa shape index (κ1) is 16.1. The average Bonchev–Trinajstić information content (AvgIpc) is 2.63. The lowest BCUT2D eigenvalue weighted by atomic mass is 10.3. The summed E-state index contributed by atoms with van der Waals surface area (Å²) in [4.78, 5) is 22.7. The molecule has 0 spiro atoms. The van der Waals surface area contributed by atoms with Crippen LogP contribution in [0.3, 0.4) is 0 Å². The molecule has 3 aromatic rings. The highest BCUT2D eigenvalue weighted by Crippen LogP contribution is 2.36. The van der Waals surface area contributed by atoms with Crippen molar-refractivity contribution in [1.82, 2.24) is 15.0 Å². The molecule has 0 fully saturated rings. The molecule has 0 saturated heterocycles. The van der Waals surface area contributed by atoms with Crippen LogP contribution in [0.4, 0.5) is 17.2 Å². The first-order chi connectivity index (χ1) is 12.2. The Labute approximate surface area is 142 Å². The molecule has 1 N–H and O–H groups in total. The minimum atomic E-state index is -0.608. The van der Waals surface area contributed by atoms with Crippen molar-refractivity contribution in [3.63, 3.8) is 0 Å². The standard InChI is InChI=1S/C16H13N5O4/c1-24-13-7-3-2-6-12(13)20-15-14(21(22)23)16(19-10-18-15)25-11-5-4-8-17-9-11/h2-10H,1H3,(H,18,19,20). The van der Waals surface area contributed by atoms with E-state index in [0.717, 1.165) is 0 Å². The second kappa shape index (κ2) is 7.21. The van der Waals surface area contributed by atoms with Gasteiger partial charge in [0.05, 0.1) is 23.9 Å². The molecular formula is C16H13N5O4. The summed E-state index contributed by atoms with van der Waals surface area (Å²) < 4.78 is 10.7. The number of anilines is 2. The molecule has 0 saturated carbocycles. The summed E-state index contributed by atoms with van der Waals surface area (Å²) in [6.07, 6.45) is 4.17. The Kier molecular flexibility index (Phi) is 4.65. The van der Waals surface area contributed by atoms with Crippen LogP contribution in [0.25, 0.3) is 0 Å². The summed E-state index contributed by atoms with van der Waals surface area (Å²) in [6.45, 7) is 0. The number of benzene rings is 1. The number of pyridine rings is 1. The van der Waals surface area contributed by atoms with Crippen LogP contribution < -0.4 is 14.8 Å². The average molecular weight is 339 g/mol. The van der Waals surface area contributed by atoms with Crippen LogP contribution in [0.5, 0.6) is 17.4 Å². The Bertz CT molecular complexity index is 889. The molecule has 25 heavy (non-hydrogen) atoms. The summed E-state index contributed by atoms with van der Waals surface area (Å²) in [5.74, 6) is 0.645. The first-order valence-electron chi connectivity index (χ1n) is 7.16. The number of nitrogens with one attached hydrogen (secondary N) is 1. The number of nitro groups is 1. The molecule has 9 heteroatoms. The molecule has 0 bridgehead atoms. The van der Waals surface area contributed by atoms with Crippen molar-refractivity contribution < 1.29 is 14.4 Å². The van der Waals surface area contributed by atoms with Crippen LogP contribution in [0.15, 0.2) is 55.1 Å². The molecular weight excluding hydrogens is 326 g/mol. The smallest absolute Gasteiger partial charge is 0.373 e. The molecule has 126 valence electrons. The van der Waals surface area contributed by atoms with Crippen LogP contribution in [-0.4, -0.2) is 27.0 Å². The molecule has 0 radical (unpaired) electrons. The van der Waals surface area contributed by atoms with Gasteiger partial charge in [0.15, 0.2) is 0 Å². The summed E-state index contributed by atoms with van der Waals surface area (Å²) in [5.41, 5.74) is 0.136. The van der Waals surface area contributed by atoms with Crippen molar-refractivity contribution in [2.75, 3.05) is 12.4 Å². The highest BCUT2D eigenvalue weighted by molar-refractivity contribution is 5.72. The van der Waals surface area contributed by atoms with Crippen molar-refractivity contribution in [3.05, 3.63) is 65.2 Å². The molecule has 1 aromatic carbocycles. The van der Waals surface area contributed by atoms with Gasteiger partial charge in [-0.25, -0.2) is 4.98 Å². The lowest BCUT2D eigenvalue weighted by molar-refractivity contribution is -0.385. The van der Waals surface area contributed by atoms with Gasteiger partial charge in [-0.05, 0) is 24.3 Å². The molecule has 3 rings (SSSR count). The van der Waals surface area contributed by atoms with Crippen LogP contribution in [0.2, 0.25) is 0 Å². The summed E-state index contributed by atoms with van der Waals surface area (Å²) in [5, 5.41) is 14.4. The van der Waals surface area contributed by atoms with Gasteiger partial charge in [-0.1, -0.05) is 12.1 Å². The van der Waals surface area contributed by atoms with E-state index in [1.54, 1.807) is 42.6 Å². The first-order valence-corrected chi connectivity index (χ1v) is 7.16. The minimum absolute atomic E-state index is 0.0107. The molecule has 0 aliphatic carbocycles. The molecule has 0 aliphatic heterocycles. The minimum Gasteiger partial charge on any atom is -0.495 e. The molecule has 0 atom stereocenters. The number of hydrogen-bond acceptors (Lipinski definition) is 8. The molecule has 2 heterocycles. The lowest BCUT2D eigenvalue weighted by Crippen LogP contribution is -2.04. The zero-order chi connectivity index (χ0) is 17.6. The van der Waals surface area contributed by atoms with Crippen LogP contribution in [0.1, 0.15) is 0 Å². The third-order valence-corrected chi connectivity index (χ3v) is 3.18. The normalized spacial score (nSPS) is 10.1. The van der Waals surface area contributed by atoms with Crippen LogP contribution in [0, 0.1) is 10.1 Å². The predicted molar refractivity (Wildman–Crippen MR) is 89.3 cm³/mol. The number of ether oxygens (including phenoxy) is 2. The van der Waals surface area contributed by atoms with Gasteiger partial charge in [0.2, 0.25) is 5.82 Å². The Morgan fingerprint density at radius 2 is 2.00 bits per heavy atom. The maximum Gasteiger partial charge on any atom is 0.373 e. The second-order valence-electron chi connectivity index (χ2n) is 4.75. The second-order valence-corrected chi connectivity index (χ2v) is 4.75. The van der Waals surface area contributed by atoms with E-state index in [2.05, 4.69) is 20.3 Å². The highest BCUT2D eigenvalue weighted by atomic mass is 16.6. The van der Waals surface area contributed by atoms with Crippen molar-refractivity contribution in [1.29, 1.82) is 0 Å². The van der Waals surface area contributed by atoms with E-state index < -0.39 is 10.6 Å². The Hall–Kier alpha value is -3.75. The van der Waals surface area contributed by atoms with Crippen molar-refractivity contribution in [3.8, 4) is 17.4 Å². The van der Waals surface area contributed by atoms with E-state index in [0.29, 0.717) is 17.2 Å². The Morgan fingerprint density at radius 3 is 2.72 bits per heavy atom. The topological polar surface area (TPSA) is 112 Å². The molecule has 2 aromatic heterocycles. The van der Waals surface area contributed by atoms with Crippen molar-refractivity contribution in [2.24, 2.45) is 0 Å². The SMILES string of the molecule is COc1ccccc1Nc1ncnc(Oc2cccnc2)c1[N+](=O)[O-]. The fraction of sp³-hybridized carbons (Fsp3) is 0.0625. The number of aromatic nitrogens is 3. The summed E-state index contributed by atoms with van der Waals surface area (Å²) in [7, 11) is 1.51. The van der Waals surface area contributed by atoms with E-state index >= 15 is 0 Å². The van der Waals surface area contributed by atoms with Gasteiger partial charge >= 0.3 is 11.6 Å². The third-order valence-electron chi connectivity index (χ3n) is 3.18. The van der Waals surface area contributed by atoms with Gasteiger partial charge in [0.25, 0.3) is 0 Å². The number of methoxy groups -OCH3 is 1. The largest absolute Gasteiger partial charge is 0.495 e. The number of hydrogen-bond donors (Lipinski definition) is 1. The zero-order valence-electron chi connectivity index (χ0n) is 13.1. The fourth-order valence-corrected chi connectivity index (χ4v) is 2.09. The monoisotopic (exact) mass is 339 g/mol. The Morgan fingerprint density at radius 1 is 1.16 bits per heavy atom. The number of para-hydroxylation sites is 2. The van der Waals surface area contributed by atoms with Crippen LogP contribution in [-0.2, 0) is 0 Å². The highest BCUT2D eigenvalue weighted by Gasteiger charge is 2.25.